The summed E-state index contributed by atoms with van der Waals surface area (Å²) in [4.78, 5) is 23.2. The number of carbonyl (C=O) groups is 2. The second-order valence-corrected chi connectivity index (χ2v) is 4.83. The highest BCUT2D eigenvalue weighted by Gasteiger charge is 2.46. The van der Waals surface area contributed by atoms with Gasteiger partial charge in [0.25, 0.3) is 0 Å². The van der Waals surface area contributed by atoms with Crippen LogP contribution in [0, 0.1) is 11.3 Å². The fourth-order valence-electron chi connectivity index (χ4n) is 2.80. The molecule has 2 saturated carbocycles. The number of hydrogen-bond acceptors (Lipinski definition) is 3. The summed E-state index contributed by atoms with van der Waals surface area (Å²) in [5, 5.41) is 0. The second-order valence-electron chi connectivity index (χ2n) is 4.83. The molecule has 0 bridgehead atoms. The van der Waals surface area contributed by atoms with Crippen LogP contribution in [0.2, 0.25) is 0 Å². The van der Waals surface area contributed by atoms with Gasteiger partial charge in [-0.05, 0) is 38.0 Å². The Morgan fingerprint density at radius 1 is 1.47 bits per heavy atom. The molecular formula is C12H18O3. The summed E-state index contributed by atoms with van der Waals surface area (Å²) in [5.41, 5.74) is 0.311. The Kier molecular flexibility index (Phi) is 2.81. The molecule has 15 heavy (non-hydrogen) atoms. The van der Waals surface area contributed by atoms with Crippen molar-refractivity contribution >= 4 is 11.8 Å². The van der Waals surface area contributed by atoms with E-state index < -0.39 is 5.92 Å². The number of Topliss-reactive ketones (excluding diaryl/α,β-unsaturated/α-hetero) is 1. The third-order valence-corrected chi connectivity index (χ3v) is 3.91. The molecule has 1 atom stereocenters. The third-order valence-electron chi connectivity index (χ3n) is 3.91. The average molecular weight is 210 g/mol. The van der Waals surface area contributed by atoms with E-state index >= 15 is 0 Å². The summed E-state index contributed by atoms with van der Waals surface area (Å²) in [6.07, 6.45) is 5.94. The van der Waals surface area contributed by atoms with Gasteiger partial charge < -0.3 is 4.74 Å². The van der Waals surface area contributed by atoms with E-state index in [0.29, 0.717) is 18.4 Å². The van der Waals surface area contributed by atoms with Crippen LogP contribution in [0.4, 0.5) is 0 Å². The number of esters is 1. The predicted molar refractivity (Wildman–Crippen MR) is 55.3 cm³/mol. The number of rotatable bonds is 2. The van der Waals surface area contributed by atoms with Crippen molar-refractivity contribution in [3.63, 3.8) is 0 Å². The maximum atomic E-state index is 11.6. The molecule has 0 heterocycles. The minimum absolute atomic E-state index is 0.0889. The van der Waals surface area contributed by atoms with Crippen LogP contribution in [-0.4, -0.2) is 18.4 Å². The summed E-state index contributed by atoms with van der Waals surface area (Å²) < 4.78 is 4.95. The first kappa shape index (κ1) is 10.7. The van der Waals surface area contributed by atoms with Crippen LogP contribution >= 0.6 is 0 Å². The van der Waals surface area contributed by atoms with Gasteiger partial charge >= 0.3 is 5.97 Å². The fourth-order valence-corrected chi connectivity index (χ4v) is 2.80. The molecule has 0 aromatic heterocycles. The quantitative estimate of drug-likeness (QED) is 0.517. The van der Waals surface area contributed by atoms with Gasteiger partial charge in [0.1, 0.15) is 11.7 Å². The molecule has 3 nitrogen and oxygen atoms in total. The second kappa shape index (κ2) is 3.95. The molecule has 84 valence electrons. The average Bonchev–Trinajstić information content (AvgIpc) is 2.16. The van der Waals surface area contributed by atoms with Crippen LogP contribution in [-0.2, 0) is 14.3 Å². The number of carbonyl (C=O) groups excluding carboxylic acids is 2. The van der Waals surface area contributed by atoms with Crippen LogP contribution in [0.1, 0.15) is 45.4 Å². The summed E-state index contributed by atoms with van der Waals surface area (Å²) in [6, 6.07) is 0. The molecule has 3 heteroatoms. The summed E-state index contributed by atoms with van der Waals surface area (Å²) in [7, 11) is 0. The minimum Gasteiger partial charge on any atom is -0.465 e. The molecule has 0 aliphatic heterocycles. The smallest absolute Gasteiger partial charge is 0.316 e. The van der Waals surface area contributed by atoms with Crippen LogP contribution in [0.25, 0.3) is 0 Å². The van der Waals surface area contributed by atoms with Crippen LogP contribution < -0.4 is 0 Å². The Labute approximate surface area is 90.2 Å². The van der Waals surface area contributed by atoms with Crippen molar-refractivity contribution in [1.82, 2.24) is 0 Å². The van der Waals surface area contributed by atoms with Crippen LogP contribution in [0.3, 0.4) is 0 Å². The van der Waals surface area contributed by atoms with Gasteiger partial charge in [0, 0.05) is 6.42 Å². The third kappa shape index (κ3) is 1.92. The van der Waals surface area contributed by atoms with Crippen molar-refractivity contribution in [1.29, 1.82) is 0 Å². The van der Waals surface area contributed by atoms with Crippen molar-refractivity contribution in [3.05, 3.63) is 0 Å². The van der Waals surface area contributed by atoms with E-state index in [0.717, 1.165) is 12.8 Å². The number of hydrogen-bond donors (Lipinski definition) is 0. The SMILES string of the molecule is CCOC(=O)[C@@H]1CC2(CCC2)CCC1=O. The zero-order valence-corrected chi connectivity index (χ0v) is 9.25. The standard InChI is InChI=1S/C12H18O3/c1-2-15-11(14)9-8-12(5-3-6-12)7-4-10(9)13/h9H,2-8H2,1H3/t9-/m1/s1. The molecule has 0 unspecified atom stereocenters. The van der Waals surface area contributed by atoms with Gasteiger partial charge in [-0.3, -0.25) is 9.59 Å². The van der Waals surface area contributed by atoms with E-state index in [9.17, 15) is 9.59 Å². The molecule has 0 saturated heterocycles. The van der Waals surface area contributed by atoms with Gasteiger partial charge in [-0.2, -0.15) is 0 Å². The van der Waals surface area contributed by atoms with Crippen molar-refractivity contribution in [2.75, 3.05) is 6.61 Å². The molecule has 2 rings (SSSR count). The molecule has 0 N–H and O–H groups in total. The first-order valence-corrected chi connectivity index (χ1v) is 5.86. The highest BCUT2D eigenvalue weighted by atomic mass is 16.5. The van der Waals surface area contributed by atoms with Gasteiger partial charge in [0.2, 0.25) is 0 Å². The van der Waals surface area contributed by atoms with Crippen molar-refractivity contribution in [2.24, 2.45) is 11.3 Å². The molecule has 0 aromatic rings. The lowest BCUT2D eigenvalue weighted by atomic mass is 9.58. The molecule has 0 aromatic carbocycles. The maximum absolute atomic E-state index is 11.6. The number of ether oxygens (including phenoxy) is 1. The monoisotopic (exact) mass is 210 g/mol. The van der Waals surface area contributed by atoms with Gasteiger partial charge in [-0.15, -0.1) is 0 Å². The van der Waals surface area contributed by atoms with Gasteiger partial charge in [-0.1, -0.05) is 6.42 Å². The normalized spacial score (nSPS) is 28.6. The largest absolute Gasteiger partial charge is 0.465 e. The topological polar surface area (TPSA) is 43.4 Å². The van der Waals surface area contributed by atoms with Gasteiger partial charge in [-0.25, -0.2) is 0 Å². The highest BCUT2D eigenvalue weighted by Crippen LogP contribution is 2.52. The molecule has 0 amide bonds. The van der Waals surface area contributed by atoms with E-state index in [4.69, 9.17) is 4.74 Å². The maximum Gasteiger partial charge on any atom is 0.316 e. The Morgan fingerprint density at radius 2 is 2.20 bits per heavy atom. The van der Waals surface area contributed by atoms with E-state index in [1.165, 1.54) is 19.3 Å². The summed E-state index contributed by atoms with van der Waals surface area (Å²) in [6.45, 7) is 2.15. The molecule has 0 radical (unpaired) electrons. The molecule has 2 aliphatic rings. The first-order chi connectivity index (χ1) is 7.17. The molecular weight excluding hydrogens is 192 g/mol. The molecule has 1 spiro atoms. The Balaban J connectivity index is 2.02. The van der Waals surface area contributed by atoms with E-state index in [1.54, 1.807) is 6.92 Å². The summed E-state index contributed by atoms with van der Waals surface area (Å²) in [5.74, 6) is -0.668. The van der Waals surface area contributed by atoms with Crippen molar-refractivity contribution in [3.8, 4) is 0 Å². The zero-order chi connectivity index (χ0) is 10.9. The van der Waals surface area contributed by atoms with Crippen molar-refractivity contribution < 1.29 is 14.3 Å². The van der Waals surface area contributed by atoms with E-state index in [2.05, 4.69) is 0 Å². The molecule has 2 fully saturated rings. The first-order valence-electron chi connectivity index (χ1n) is 5.86. The Bertz CT molecular complexity index is 279. The van der Waals surface area contributed by atoms with E-state index in [-0.39, 0.29) is 11.8 Å². The lowest BCUT2D eigenvalue weighted by Gasteiger charge is -2.46. The van der Waals surface area contributed by atoms with Gasteiger partial charge in [0.15, 0.2) is 0 Å². The summed E-state index contributed by atoms with van der Waals surface area (Å²) >= 11 is 0. The zero-order valence-electron chi connectivity index (χ0n) is 9.25. The minimum atomic E-state index is -0.459. The van der Waals surface area contributed by atoms with Crippen molar-refractivity contribution in [2.45, 2.75) is 45.4 Å². The highest BCUT2D eigenvalue weighted by molar-refractivity contribution is 5.99. The Morgan fingerprint density at radius 3 is 2.73 bits per heavy atom. The lowest BCUT2D eigenvalue weighted by molar-refractivity contribution is -0.156. The number of ketones is 1. The van der Waals surface area contributed by atoms with Crippen LogP contribution in [0.15, 0.2) is 0 Å². The van der Waals surface area contributed by atoms with E-state index in [1.807, 2.05) is 0 Å². The van der Waals surface area contributed by atoms with Crippen LogP contribution in [0.5, 0.6) is 0 Å². The predicted octanol–water partition coefficient (Wildman–Crippen LogP) is 2.09. The van der Waals surface area contributed by atoms with Gasteiger partial charge in [0.05, 0.1) is 6.61 Å². The Hall–Kier alpha value is -0.860. The molecule has 2 aliphatic carbocycles. The lowest BCUT2D eigenvalue weighted by Crippen LogP contribution is -2.42. The fraction of sp³-hybridized carbons (Fsp3) is 0.833.